The molecule has 1 heterocycles. The summed E-state index contributed by atoms with van der Waals surface area (Å²) in [6.07, 6.45) is 7.13. The van der Waals surface area contributed by atoms with E-state index in [0.717, 1.165) is 31.7 Å². The summed E-state index contributed by atoms with van der Waals surface area (Å²) in [6, 6.07) is 6.56. The predicted molar refractivity (Wildman–Crippen MR) is 96.6 cm³/mol. The van der Waals surface area contributed by atoms with Crippen LogP contribution in [0.5, 0.6) is 5.75 Å². The third-order valence-corrected chi connectivity index (χ3v) is 5.95. The van der Waals surface area contributed by atoms with E-state index in [1.54, 1.807) is 0 Å². The quantitative estimate of drug-likeness (QED) is 0.911. The molecule has 1 aromatic rings. The van der Waals surface area contributed by atoms with E-state index >= 15 is 0 Å². The van der Waals surface area contributed by atoms with E-state index in [9.17, 15) is 4.79 Å². The molecule has 2 fully saturated rings. The number of fused-ring (bicyclic) bond motifs is 2. The Morgan fingerprint density at radius 3 is 2.75 bits per heavy atom. The predicted octanol–water partition coefficient (Wildman–Crippen LogP) is 2.56. The van der Waals surface area contributed by atoms with E-state index in [2.05, 4.69) is 12.1 Å². The maximum atomic E-state index is 12.4. The van der Waals surface area contributed by atoms with Crippen LogP contribution in [-0.4, -0.2) is 36.5 Å². The van der Waals surface area contributed by atoms with Crippen LogP contribution in [0.15, 0.2) is 18.2 Å². The Labute approximate surface area is 150 Å². The molecule has 132 valence electrons. The van der Waals surface area contributed by atoms with Gasteiger partial charge in [0.25, 0.3) is 5.91 Å². The van der Waals surface area contributed by atoms with E-state index in [0.29, 0.717) is 11.8 Å². The molecule has 5 heteroatoms. The number of rotatable bonds is 3. The third-order valence-electron chi connectivity index (χ3n) is 5.95. The minimum absolute atomic E-state index is 0. The molecule has 0 aromatic heterocycles. The Hall–Kier alpha value is -1.26. The largest absolute Gasteiger partial charge is 0.484 e. The number of halogens is 1. The molecule has 1 saturated carbocycles. The van der Waals surface area contributed by atoms with E-state index in [1.165, 1.54) is 36.8 Å². The molecular weight excluding hydrogens is 324 g/mol. The van der Waals surface area contributed by atoms with Crippen molar-refractivity contribution in [2.75, 3.05) is 19.7 Å². The molecule has 2 N–H and O–H groups in total. The molecule has 3 unspecified atom stereocenters. The summed E-state index contributed by atoms with van der Waals surface area (Å²) in [5, 5.41) is 0. The summed E-state index contributed by atoms with van der Waals surface area (Å²) in [4.78, 5) is 14.4. The van der Waals surface area contributed by atoms with Crippen molar-refractivity contribution in [1.82, 2.24) is 4.90 Å². The maximum Gasteiger partial charge on any atom is 0.260 e. The molecule has 1 saturated heterocycles. The lowest BCUT2D eigenvalue weighted by molar-refractivity contribution is -0.132. The third kappa shape index (κ3) is 3.40. The van der Waals surface area contributed by atoms with E-state index in [1.807, 2.05) is 11.0 Å². The van der Waals surface area contributed by atoms with Crippen molar-refractivity contribution < 1.29 is 9.53 Å². The van der Waals surface area contributed by atoms with Gasteiger partial charge >= 0.3 is 0 Å². The number of nitrogens with zero attached hydrogens (tertiary/aromatic N) is 1. The van der Waals surface area contributed by atoms with Gasteiger partial charge in [0.15, 0.2) is 6.61 Å². The van der Waals surface area contributed by atoms with Crippen molar-refractivity contribution in [3.8, 4) is 5.75 Å². The van der Waals surface area contributed by atoms with Gasteiger partial charge in [-0.1, -0.05) is 6.07 Å². The van der Waals surface area contributed by atoms with E-state index in [4.69, 9.17) is 10.5 Å². The van der Waals surface area contributed by atoms with Crippen LogP contribution in [0, 0.1) is 11.8 Å². The highest BCUT2D eigenvalue weighted by Gasteiger charge is 2.42. The molecule has 0 spiro atoms. The SMILES string of the molecule is Cl.NC1CCC2CN(C(=O)COc3ccc4c(c3)CCCC4)CC12. The minimum Gasteiger partial charge on any atom is -0.484 e. The van der Waals surface area contributed by atoms with Crippen molar-refractivity contribution in [2.45, 2.75) is 44.6 Å². The Morgan fingerprint density at radius 2 is 1.96 bits per heavy atom. The van der Waals surface area contributed by atoms with Crippen molar-refractivity contribution in [3.63, 3.8) is 0 Å². The monoisotopic (exact) mass is 350 g/mol. The molecule has 4 rings (SSSR count). The second kappa shape index (κ2) is 7.32. The highest BCUT2D eigenvalue weighted by atomic mass is 35.5. The number of ether oxygens (including phenoxy) is 1. The summed E-state index contributed by atoms with van der Waals surface area (Å²) in [5.41, 5.74) is 8.98. The van der Waals surface area contributed by atoms with Crippen molar-refractivity contribution in [1.29, 1.82) is 0 Å². The zero-order chi connectivity index (χ0) is 15.8. The zero-order valence-electron chi connectivity index (χ0n) is 14.1. The van der Waals surface area contributed by atoms with Gasteiger partial charge in [0.1, 0.15) is 5.75 Å². The number of amides is 1. The number of hydrogen-bond donors (Lipinski definition) is 1. The van der Waals surface area contributed by atoms with Crippen molar-refractivity contribution in [2.24, 2.45) is 17.6 Å². The van der Waals surface area contributed by atoms with Gasteiger partial charge in [0, 0.05) is 19.1 Å². The fraction of sp³-hybridized carbons (Fsp3) is 0.632. The van der Waals surface area contributed by atoms with Crippen molar-refractivity contribution in [3.05, 3.63) is 29.3 Å². The standard InChI is InChI=1S/C19H26N2O2.ClH/c20-18-8-6-15-10-21(11-17(15)18)19(22)12-23-16-7-5-13-3-1-2-4-14(13)9-16;/h5,7,9,15,17-18H,1-4,6,8,10-12,20H2;1H. The fourth-order valence-electron chi connectivity index (χ4n) is 4.55. The lowest BCUT2D eigenvalue weighted by atomic mass is 9.92. The summed E-state index contributed by atoms with van der Waals surface area (Å²) in [6.45, 7) is 1.83. The van der Waals surface area contributed by atoms with Crippen LogP contribution in [0.1, 0.15) is 36.8 Å². The molecule has 0 bridgehead atoms. The second-order valence-corrected chi connectivity index (χ2v) is 7.39. The van der Waals surface area contributed by atoms with Crippen LogP contribution in [0.4, 0.5) is 0 Å². The number of carbonyl (C=O) groups excluding carboxylic acids is 1. The number of hydrogen-bond acceptors (Lipinski definition) is 3. The first kappa shape index (κ1) is 17.6. The van der Waals surface area contributed by atoms with Gasteiger partial charge in [-0.25, -0.2) is 0 Å². The average molecular weight is 351 g/mol. The normalized spacial score (nSPS) is 28.0. The highest BCUT2D eigenvalue weighted by Crippen LogP contribution is 2.37. The van der Waals surface area contributed by atoms with Gasteiger partial charge in [-0.2, -0.15) is 0 Å². The summed E-state index contributed by atoms with van der Waals surface area (Å²) < 4.78 is 5.77. The topological polar surface area (TPSA) is 55.6 Å². The highest BCUT2D eigenvalue weighted by molar-refractivity contribution is 5.85. The fourth-order valence-corrected chi connectivity index (χ4v) is 4.55. The van der Waals surface area contributed by atoms with Crippen LogP contribution in [-0.2, 0) is 17.6 Å². The number of nitrogens with two attached hydrogens (primary N) is 1. The molecule has 3 aliphatic rings. The van der Waals surface area contributed by atoms with Gasteiger partial charge < -0.3 is 15.4 Å². The lowest BCUT2D eigenvalue weighted by Crippen LogP contribution is -2.36. The Balaban J connectivity index is 0.00000169. The second-order valence-electron chi connectivity index (χ2n) is 7.39. The van der Waals surface area contributed by atoms with Gasteiger partial charge in [0.05, 0.1) is 0 Å². The summed E-state index contributed by atoms with van der Waals surface area (Å²) in [5.74, 6) is 2.04. The van der Waals surface area contributed by atoms with Crippen LogP contribution in [0.25, 0.3) is 0 Å². The molecule has 24 heavy (non-hydrogen) atoms. The summed E-state index contributed by atoms with van der Waals surface area (Å²) >= 11 is 0. The molecule has 0 radical (unpaired) electrons. The first-order valence-corrected chi connectivity index (χ1v) is 8.98. The zero-order valence-corrected chi connectivity index (χ0v) is 14.9. The van der Waals surface area contributed by atoms with Gasteiger partial charge in [-0.3, -0.25) is 4.79 Å². The Kier molecular flexibility index (Phi) is 5.36. The van der Waals surface area contributed by atoms with Crippen LogP contribution < -0.4 is 10.5 Å². The van der Waals surface area contributed by atoms with Crippen molar-refractivity contribution >= 4 is 18.3 Å². The molecule has 3 atom stereocenters. The minimum atomic E-state index is 0. The van der Waals surface area contributed by atoms with Gasteiger partial charge in [-0.05, 0) is 73.6 Å². The molecule has 1 aromatic carbocycles. The number of aryl methyl sites for hydroxylation is 2. The van der Waals surface area contributed by atoms with Crippen LogP contribution >= 0.6 is 12.4 Å². The maximum absolute atomic E-state index is 12.4. The molecule has 2 aliphatic carbocycles. The number of carbonyl (C=O) groups is 1. The van der Waals surface area contributed by atoms with Gasteiger partial charge in [0.2, 0.25) is 0 Å². The molecular formula is C19H27ClN2O2. The van der Waals surface area contributed by atoms with Crippen LogP contribution in [0.3, 0.4) is 0 Å². The first-order chi connectivity index (χ1) is 11.2. The summed E-state index contributed by atoms with van der Waals surface area (Å²) in [7, 11) is 0. The average Bonchev–Trinajstić information content (AvgIpc) is 3.15. The first-order valence-electron chi connectivity index (χ1n) is 8.98. The lowest BCUT2D eigenvalue weighted by Gasteiger charge is -2.20. The van der Waals surface area contributed by atoms with E-state index < -0.39 is 0 Å². The number of benzene rings is 1. The van der Waals surface area contributed by atoms with Gasteiger partial charge in [-0.15, -0.1) is 12.4 Å². The molecule has 1 amide bonds. The van der Waals surface area contributed by atoms with Crippen LogP contribution in [0.2, 0.25) is 0 Å². The Morgan fingerprint density at radius 1 is 1.17 bits per heavy atom. The Bertz CT molecular complexity index is 607. The molecule has 4 nitrogen and oxygen atoms in total. The smallest absolute Gasteiger partial charge is 0.260 e. The van der Waals surface area contributed by atoms with E-state index in [-0.39, 0.29) is 31.0 Å². The number of likely N-dealkylation sites (tertiary alicyclic amines) is 1. The molecule has 1 aliphatic heterocycles.